The van der Waals surface area contributed by atoms with Gasteiger partial charge in [0.2, 0.25) is 0 Å². The number of amides is 2. The molecule has 0 fully saturated rings. The van der Waals surface area contributed by atoms with Gasteiger partial charge in [0.05, 0.1) is 12.4 Å². The second-order valence-electron chi connectivity index (χ2n) is 8.03. The third-order valence-electron chi connectivity index (χ3n) is 5.64. The van der Waals surface area contributed by atoms with Crippen molar-refractivity contribution in [3.05, 3.63) is 102 Å². The lowest BCUT2D eigenvalue weighted by Gasteiger charge is -2.11. The molecule has 0 aliphatic carbocycles. The molecule has 10 nitrogen and oxygen atoms in total. The molecule has 0 aliphatic rings. The molecular formula is C25H24N8O2. The zero-order chi connectivity index (χ0) is 24.4. The monoisotopic (exact) mass is 468 g/mol. The van der Waals surface area contributed by atoms with Gasteiger partial charge in [-0.2, -0.15) is 10.2 Å². The number of anilines is 1. The minimum absolute atomic E-state index is 0.233. The van der Waals surface area contributed by atoms with Crippen molar-refractivity contribution in [3.8, 4) is 11.6 Å². The van der Waals surface area contributed by atoms with E-state index in [0.717, 1.165) is 5.56 Å². The molecule has 176 valence electrons. The lowest BCUT2D eigenvalue weighted by molar-refractivity contribution is 0.0949. The van der Waals surface area contributed by atoms with E-state index in [1.165, 1.54) is 0 Å². The summed E-state index contributed by atoms with van der Waals surface area (Å²) in [7, 11) is 3.58. The molecule has 0 radical (unpaired) electrons. The van der Waals surface area contributed by atoms with Crippen LogP contribution in [0, 0.1) is 0 Å². The average Bonchev–Trinajstić information content (AvgIpc) is 3.64. The van der Waals surface area contributed by atoms with Gasteiger partial charge in [0, 0.05) is 51.1 Å². The van der Waals surface area contributed by atoms with Gasteiger partial charge in [0.15, 0.2) is 0 Å². The topological polar surface area (TPSA) is 104 Å². The number of aromatic nitrogens is 6. The summed E-state index contributed by atoms with van der Waals surface area (Å²) in [4.78, 5) is 25.9. The van der Waals surface area contributed by atoms with Gasteiger partial charge in [-0.1, -0.05) is 12.1 Å². The van der Waals surface area contributed by atoms with Crippen LogP contribution in [0.3, 0.4) is 0 Å². The Morgan fingerprint density at radius 3 is 1.89 bits per heavy atom. The average molecular weight is 469 g/mol. The van der Waals surface area contributed by atoms with E-state index in [1.54, 1.807) is 41.9 Å². The maximum Gasteiger partial charge on any atom is 0.261 e. The minimum atomic E-state index is -0.269. The van der Waals surface area contributed by atoms with Crippen molar-refractivity contribution in [3.63, 3.8) is 0 Å². The van der Waals surface area contributed by atoms with Crippen LogP contribution in [0.2, 0.25) is 0 Å². The van der Waals surface area contributed by atoms with Crippen LogP contribution in [-0.2, 0) is 20.6 Å². The highest BCUT2D eigenvalue weighted by molar-refractivity contribution is 6.06. The molecule has 0 atom stereocenters. The first kappa shape index (κ1) is 22.0. The Kier molecular flexibility index (Phi) is 5.76. The number of carbonyl (C=O) groups excluding carboxylic acids is 2. The number of hydrogen-bond acceptors (Lipinski definition) is 4. The second kappa shape index (κ2) is 9.18. The Morgan fingerprint density at radius 2 is 1.31 bits per heavy atom. The van der Waals surface area contributed by atoms with Crippen molar-refractivity contribution >= 4 is 17.5 Å². The molecule has 5 aromatic rings. The fraction of sp³-hybridized carbons (Fsp3) is 0.120. The number of aryl methyl sites for hydroxylation is 2. The summed E-state index contributed by atoms with van der Waals surface area (Å²) in [6, 6.07) is 14.9. The zero-order valence-corrected chi connectivity index (χ0v) is 19.3. The van der Waals surface area contributed by atoms with Crippen molar-refractivity contribution in [2.24, 2.45) is 14.1 Å². The number of rotatable bonds is 7. The first-order valence-corrected chi connectivity index (χ1v) is 11.0. The summed E-state index contributed by atoms with van der Waals surface area (Å²) in [5, 5.41) is 14.3. The summed E-state index contributed by atoms with van der Waals surface area (Å²) >= 11 is 0. The maximum atomic E-state index is 13.0. The molecule has 4 aromatic heterocycles. The van der Waals surface area contributed by atoms with Crippen LogP contribution in [0.25, 0.3) is 11.6 Å². The van der Waals surface area contributed by atoms with Crippen LogP contribution in [0.15, 0.2) is 85.7 Å². The Morgan fingerprint density at radius 1 is 0.771 bits per heavy atom. The Labute approximate surface area is 201 Å². The van der Waals surface area contributed by atoms with Gasteiger partial charge in [0.25, 0.3) is 11.8 Å². The molecule has 4 heterocycles. The van der Waals surface area contributed by atoms with Crippen LogP contribution in [-0.4, -0.2) is 40.5 Å². The van der Waals surface area contributed by atoms with E-state index in [1.807, 2.05) is 76.4 Å². The van der Waals surface area contributed by atoms with E-state index < -0.39 is 0 Å². The van der Waals surface area contributed by atoms with Gasteiger partial charge in [-0.25, -0.2) is 0 Å². The molecule has 0 bridgehead atoms. The van der Waals surface area contributed by atoms with Crippen LogP contribution >= 0.6 is 0 Å². The van der Waals surface area contributed by atoms with Crippen molar-refractivity contribution in [1.82, 2.24) is 34.0 Å². The number of benzene rings is 1. The third-order valence-corrected chi connectivity index (χ3v) is 5.64. The predicted octanol–water partition coefficient (Wildman–Crippen LogP) is 2.92. The minimum Gasteiger partial charge on any atom is -0.348 e. The molecule has 35 heavy (non-hydrogen) atoms. The number of nitrogens with one attached hydrogen (secondary N) is 2. The fourth-order valence-corrected chi connectivity index (χ4v) is 3.98. The first-order valence-electron chi connectivity index (χ1n) is 11.0. The van der Waals surface area contributed by atoms with Crippen molar-refractivity contribution in [1.29, 1.82) is 0 Å². The highest BCUT2D eigenvalue weighted by Gasteiger charge is 2.19. The van der Waals surface area contributed by atoms with Crippen LogP contribution in [0.1, 0.15) is 26.3 Å². The summed E-state index contributed by atoms with van der Waals surface area (Å²) in [5.41, 5.74) is 2.40. The zero-order valence-electron chi connectivity index (χ0n) is 19.3. The SMILES string of the molecule is Cn1ncc(C(=O)NCc2cccc(NC(=O)c3cnn(C)c3-n3cccc3)c2)c1-n1cccc1. The van der Waals surface area contributed by atoms with Crippen LogP contribution in [0.4, 0.5) is 5.69 Å². The van der Waals surface area contributed by atoms with E-state index in [4.69, 9.17) is 0 Å². The molecular weight excluding hydrogens is 444 g/mol. The fourth-order valence-electron chi connectivity index (χ4n) is 3.98. The summed E-state index contributed by atoms with van der Waals surface area (Å²) in [6.07, 6.45) is 10.6. The highest BCUT2D eigenvalue weighted by Crippen LogP contribution is 2.18. The first-order chi connectivity index (χ1) is 17.0. The molecule has 0 unspecified atom stereocenters. The second-order valence-corrected chi connectivity index (χ2v) is 8.03. The van der Waals surface area contributed by atoms with E-state index in [-0.39, 0.29) is 11.8 Å². The van der Waals surface area contributed by atoms with Gasteiger partial charge in [-0.05, 0) is 42.0 Å². The molecule has 10 heteroatoms. The molecule has 0 spiro atoms. The number of hydrogen-bond donors (Lipinski definition) is 2. The quantitative estimate of drug-likeness (QED) is 0.383. The Hall–Kier alpha value is -4.86. The lowest BCUT2D eigenvalue weighted by atomic mass is 10.2. The molecule has 5 rings (SSSR count). The molecule has 2 N–H and O–H groups in total. The molecule has 2 amide bonds. The molecule has 0 saturated carbocycles. The third kappa shape index (κ3) is 4.36. The Balaban J connectivity index is 1.28. The Bertz CT molecular complexity index is 1480. The van der Waals surface area contributed by atoms with Gasteiger partial charge in [-0.15, -0.1) is 0 Å². The standard InChI is InChI=1S/C25H24N8O2/c1-30-24(32-10-3-4-11-32)20(16-27-30)22(34)26-15-18-8-7-9-19(14-18)29-23(35)21-17-28-31(2)25(21)33-12-5-6-13-33/h3-14,16-17H,15H2,1-2H3,(H,26,34)(H,29,35). The normalized spacial score (nSPS) is 10.9. The van der Waals surface area contributed by atoms with E-state index in [0.29, 0.717) is 35.0 Å². The number of nitrogens with zero attached hydrogens (tertiary/aromatic N) is 6. The van der Waals surface area contributed by atoms with Crippen molar-refractivity contribution < 1.29 is 9.59 Å². The van der Waals surface area contributed by atoms with Gasteiger partial charge in [0.1, 0.15) is 22.8 Å². The molecule has 1 aromatic carbocycles. The summed E-state index contributed by atoms with van der Waals surface area (Å²) in [6.45, 7) is 0.296. The molecule has 0 aliphatic heterocycles. The number of carbonyl (C=O) groups is 2. The molecule has 0 saturated heterocycles. The van der Waals surface area contributed by atoms with Gasteiger partial charge in [-0.3, -0.25) is 19.0 Å². The van der Waals surface area contributed by atoms with Gasteiger partial charge >= 0.3 is 0 Å². The van der Waals surface area contributed by atoms with Crippen molar-refractivity contribution in [2.75, 3.05) is 5.32 Å². The summed E-state index contributed by atoms with van der Waals surface area (Å²) < 4.78 is 7.00. The van der Waals surface area contributed by atoms with E-state index >= 15 is 0 Å². The smallest absolute Gasteiger partial charge is 0.261 e. The van der Waals surface area contributed by atoms with Crippen molar-refractivity contribution in [2.45, 2.75) is 6.54 Å². The summed E-state index contributed by atoms with van der Waals surface area (Å²) in [5.74, 6) is 0.854. The highest BCUT2D eigenvalue weighted by atomic mass is 16.2. The maximum absolute atomic E-state index is 13.0. The van der Waals surface area contributed by atoms with Gasteiger partial charge < -0.3 is 19.8 Å². The van der Waals surface area contributed by atoms with Crippen LogP contribution in [0.5, 0.6) is 0 Å². The van der Waals surface area contributed by atoms with E-state index in [2.05, 4.69) is 20.8 Å². The predicted molar refractivity (Wildman–Crippen MR) is 131 cm³/mol. The lowest BCUT2D eigenvalue weighted by Crippen LogP contribution is -2.24. The largest absolute Gasteiger partial charge is 0.348 e. The van der Waals surface area contributed by atoms with E-state index in [9.17, 15) is 9.59 Å². The van der Waals surface area contributed by atoms with Crippen LogP contribution < -0.4 is 10.6 Å².